The van der Waals surface area contributed by atoms with Crippen LogP contribution in [0.15, 0.2) is 0 Å². The van der Waals surface area contributed by atoms with Crippen molar-refractivity contribution >= 4 is 17.4 Å². The van der Waals surface area contributed by atoms with Crippen molar-refractivity contribution in [2.75, 3.05) is 0 Å². The predicted molar refractivity (Wildman–Crippen MR) is 59.3 cm³/mol. The summed E-state index contributed by atoms with van der Waals surface area (Å²) in [6, 6.07) is 0. The van der Waals surface area contributed by atoms with E-state index in [0.29, 0.717) is 0 Å². The number of unbranched alkanes of at least 4 members (excludes halogenated alkanes) is 7. The molecule has 0 saturated carbocycles. The van der Waals surface area contributed by atoms with Crippen LogP contribution in [-0.2, 0) is 0 Å². The molecule has 0 bridgehead atoms. The molecule has 0 unspecified atom stereocenters. The molecule has 0 radical (unpaired) electrons. The van der Waals surface area contributed by atoms with Crippen molar-refractivity contribution < 1.29 is 20.3 Å². The standard InChI is InChI=1S/C10H22.Al.Li.4H/c1-3-5-7-9-10-8-6-4-2;;;;;;/h3-10H2,1-2H3;;;;;;/q;;+1;;;;-1. The van der Waals surface area contributed by atoms with Crippen molar-refractivity contribution in [3.8, 4) is 0 Å². The van der Waals surface area contributed by atoms with Gasteiger partial charge in [-0.05, 0) is 0 Å². The summed E-state index contributed by atoms with van der Waals surface area (Å²) in [5.41, 5.74) is 0. The van der Waals surface area contributed by atoms with Crippen LogP contribution in [0.1, 0.15) is 66.6 Å². The van der Waals surface area contributed by atoms with Crippen molar-refractivity contribution in [1.82, 2.24) is 0 Å². The molecule has 0 saturated heterocycles. The maximum atomic E-state index is 2.27. The predicted octanol–water partition coefficient (Wildman–Crippen LogP) is 0.0796. The van der Waals surface area contributed by atoms with Gasteiger partial charge in [0.15, 0.2) is 17.4 Å². The molecular formula is C10H26AlLi. The average molecular weight is 180 g/mol. The van der Waals surface area contributed by atoms with Gasteiger partial charge in [0.1, 0.15) is 0 Å². The van der Waals surface area contributed by atoms with Crippen molar-refractivity contribution in [3.63, 3.8) is 0 Å². The molecule has 0 atom stereocenters. The second kappa shape index (κ2) is 18.0. The maximum Gasteiger partial charge on any atom is 1.00 e. The second-order valence-electron chi connectivity index (χ2n) is 3.12. The fourth-order valence-corrected chi connectivity index (χ4v) is 1.21. The quantitative estimate of drug-likeness (QED) is 0.384. The smallest absolute Gasteiger partial charge is 1.00 e. The molecule has 0 fully saturated rings. The van der Waals surface area contributed by atoms with E-state index in [2.05, 4.69) is 13.8 Å². The molecule has 12 heavy (non-hydrogen) atoms. The molecule has 0 heterocycles. The first kappa shape index (κ1) is 18.8. The van der Waals surface area contributed by atoms with Crippen LogP contribution in [0.2, 0.25) is 0 Å². The summed E-state index contributed by atoms with van der Waals surface area (Å²) in [4.78, 5) is 0. The third kappa shape index (κ3) is 17.3. The van der Waals surface area contributed by atoms with E-state index in [9.17, 15) is 0 Å². The Labute approximate surface area is 103 Å². The summed E-state index contributed by atoms with van der Waals surface area (Å²) in [5, 5.41) is 0. The Morgan fingerprint density at radius 1 is 0.667 bits per heavy atom. The Morgan fingerprint density at radius 3 is 1.17 bits per heavy atom. The number of hydrogen-bond donors (Lipinski definition) is 0. The van der Waals surface area contributed by atoms with E-state index in [0.717, 1.165) is 0 Å². The second-order valence-corrected chi connectivity index (χ2v) is 3.12. The van der Waals surface area contributed by atoms with Gasteiger partial charge in [-0.15, -0.1) is 0 Å². The minimum Gasteiger partial charge on any atom is -1.00 e. The third-order valence-corrected chi connectivity index (χ3v) is 1.96. The van der Waals surface area contributed by atoms with Crippen LogP contribution in [0, 0.1) is 0 Å². The summed E-state index contributed by atoms with van der Waals surface area (Å²) < 4.78 is 0. The number of rotatable bonds is 7. The summed E-state index contributed by atoms with van der Waals surface area (Å²) >= 11 is 0. The molecule has 0 aromatic rings. The van der Waals surface area contributed by atoms with Crippen LogP contribution in [0.5, 0.6) is 0 Å². The van der Waals surface area contributed by atoms with Gasteiger partial charge in [-0.25, -0.2) is 0 Å². The monoisotopic (exact) mass is 180 g/mol. The molecule has 0 aliphatic rings. The van der Waals surface area contributed by atoms with Gasteiger partial charge < -0.3 is 1.43 Å². The van der Waals surface area contributed by atoms with E-state index in [1.165, 1.54) is 51.4 Å². The molecule has 0 aromatic heterocycles. The Kier molecular flexibility index (Phi) is 28.3. The van der Waals surface area contributed by atoms with E-state index in [1.54, 1.807) is 0 Å². The minimum atomic E-state index is 0. The van der Waals surface area contributed by atoms with Crippen LogP contribution in [-0.4, -0.2) is 17.4 Å². The Morgan fingerprint density at radius 2 is 0.917 bits per heavy atom. The normalized spacial score (nSPS) is 8.50. The van der Waals surface area contributed by atoms with Crippen molar-refractivity contribution in [1.29, 1.82) is 0 Å². The molecule has 0 spiro atoms. The largest absolute Gasteiger partial charge is 1.00 e. The molecule has 70 valence electrons. The van der Waals surface area contributed by atoms with Crippen LogP contribution in [0.4, 0.5) is 0 Å². The van der Waals surface area contributed by atoms with Crippen LogP contribution in [0.25, 0.3) is 0 Å². The van der Waals surface area contributed by atoms with Gasteiger partial charge >= 0.3 is 18.9 Å². The van der Waals surface area contributed by atoms with Crippen molar-refractivity contribution in [3.05, 3.63) is 0 Å². The fraction of sp³-hybridized carbons (Fsp3) is 1.00. The van der Waals surface area contributed by atoms with Gasteiger partial charge in [0, 0.05) is 0 Å². The van der Waals surface area contributed by atoms with Gasteiger partial charge in [-0.3, -0.25) is 0 Å². The first-order chi connectivity index (χ1) is 4.91. The van der Waals surface area contributed by atoms with Gasteiger partial charge in [-0.1, -0.05) is 65.2 Å². The van der Waals surface area contributed by atoms with Crippen molar-refractivity contribution in [2.45, 2.75) is 65.2 Å². The molecule has 0 amide bonds. The summed E-state index contributed by atoms with van der Waals surface area (Å²) in [6.45, 7) is 4.54. The van der Waals surface area contributed by atoms with E-state index >= 15 is 0 Å². The van der Waals surface area contributed by atoms with E-state index in [4.69, 9.17) is 0 Å². The summed E-state index contributed by atoms with van der Waals surface area (Å²) in [7, 11) is 0. The van der Waals surface area contributed by atoms with Gasteiger partial charge in [-0.2, -0.15) is 0 Å². The first-order valence-electron chi connectivity index (χ1n) is 4.91. The van der Waals surface area contributed by atoms with Crippen LogP contribution in [0.3, 0.4) is 0 Å². The minimum absolute atomic E-state index is 0. The average Bonchev–Trinajstić information content (AvgIpc) is 1.97. The van der Waals surface area contributed by atoms with Crippen LogP contribution < -0.4 is 18.9 Å². The molecule has 0 aromatic carbocycles. The van der Waals surface area contributed by atoms with E-state index < -0.39 is 0 Å². The van der Waals surface area contributed by atoms with Gasteiger partial charge in [0.05, 0.1) is 0 Å². The molecular weight excluding hydrogens is 154 g/mol. The zero-order valence-corrected chi connectivity index (χ0v) is 8.66. The molecule has 2 heteroatoms. The summed E-state index contributed by atoms with van der Waals surface area (Å²) in [6.07, 6.45) is 11.5. The molecule has 0 N–H and O–H groups in total. The van der Waals surface area contributed by atoms with E-state index in [1.807, 2.05) is 0 Å². The zero-order chi connectivity index (χ0) is 7.66. The SMILES string of the molecule is CCCCCCCCCC.[AlH3].[H-].[Li+]. The van der Waals surface area contributed by atoms with Gasteiger partial charge in [0.2, 0.25) is 0 Å². The Hall–Kier alpha value is 1.13. The van der Waals surface area contributed by atoms with Crippen molar-refractivity contribution in [2.24, 2.45) is 0 Å². The molecule has 0 aliphatic carbocycles. The van der Waals surface area contributed by atoms with E-state index in [-0.39, 0.29) is 37.6 Å². The number of hydrogen-bond acceptors (Lipinski definition) is 0. The summed E-state index contributed by atoms with van der Waals surface area (Å²) in [5.74, 6) is 0. The fourth-order valence-electron chi connectivity index (χ4n) is 1.21. The molecule has 0 aliphatic heterocycles. The van der Waals surface area contributed by atoms with Crippen LogP contribution >= 0.6 is 0 Å². The molecule has 0 nitrogen and oxygen atoms in total. The maximum absolute atomic E-state index is 2.27. The Bertz CT molecular complexity index is 54.9. The molecule has 0 rings (SSSR count). The topological polar surface area (TPSA) is 0 Å². The zero-order valence-electron chi connectivity index (χ0n) is 9.66. The Balaban J connectivity index is -0.000000135. The first-order valence-corrected chi connectivity index (χ1v) is 4.91. The third-order valence-electron chi connectivity index (χ3n) is 1.96. The van der Waals surface area contributed by atoms with Gasteiger partial charge in [0.25, 0.3) is 0 Å².